The van der Waals surface area contributed by atoms with E-state index in [0.717, 1.165) is 11.1 Å². The third-order valence-electron chi connectivity index (χ3n) is 4.30. The van der Waals surface area contributed by atoms with Crippen molar-refractivity contribution in [2.24, 2.45) is 0 Å². The first-order chi connectivity index (χ1) is 13.5. The van der Waals surface area contributed by atoms with Crippen LogP contribution in [0.2, 0.25) is 0 Å². The molecule has 2 rings (SSSR count). The van der Waals surface area contributed by atoms with E-state index in [4.69, 9.17) is 28.4 Å². The summed E-state index contributed by atoms with van der Waals surface area (Å²) in [4.78, 5) is 12.3. The molecule has 2 aromatic carbocycles. The van der Waals surface area contributed by atoms with Crippen molar-refractivity contribution < 1.29 is 33.2 Å². The lowest BCUT2D eigenvalue weighted by molar-refractivity contribution is -0.144. The number of carbonyl (C=O) groups is 1. The van der Waals surface area contributed by atoms with Crippen molar-refractivity contribution in [3.05, 3.63) is 41.0 Å². The van der Waals surface area contributed by atoms with Crippen LogP contribution in [0.3, 0.4) is 0 Å². The molecule has 0 aliphatic rings. The molecule has 0 fully saturated rings. The Morgan fingerprint density at radius 1 is 0.750 bits per heavy atom. The number of methoxy groups -OCH3 is 5. The normalized spacial score (nSPS) is 10.2. The molecule has 0 atom stereocenters. The van der Waals surface area contributed by atoms with E-state index in [0.29, 0.717) is 34.3 Å². The highest BCUT2D eigenvalue weighted by Crippen LogP contribution is 2.38. The van der Waals surface area contributed by atoms with Crippen LogP contribution in [0.5, 0.6) is 28.7 Å². The third-order valence-corrected chi connectivity index (χ3v) is 4.30. The number of hydrogen-bond donors (Lipinski definition) is 0. The molecule has 0 bridgehead atoms. The summed E-state index contributed by atoms with van der Waals surface area (Å²) < 4.78 is 31.9. The van der Waals surface area contributed by atoms with Gasteiger partial charge in [-0.1, -0.05) is 0 Å². The molecule has 2 aromatic rings. The van der Waals surface area contributed by atoms with Gasteiger partial charge in [0, 0.05) is 0 Å². The van der Waals surface area contributed by atoms with Crippen LogP contribution in [0.15, 0.2) is 24.3 Å². The van der Waals surface area contributed by atoms with Crippen molar-refractivity contribution in [3.63, 3.8) is 0 Å². The zero-order chi connectivity index (χ0) is 20.7. The number of rotatable bonds is 9. The van der Waals surface area contributed by atoms with Gasteiger partial charge in [-0.3, -0.25) is 4.79 Å². The number of esters is 1. The van der Waals surface area contributed by atoms with Gasteiger partial charge in [0.2, 0.25) is 5.75 Å². The Hall–Kier alpha value is -3.09. The van der Waals surface area contributed by atoms with Crippen molar-refractivity contribution in [2.75, 3.05) is 35.5 Å². The van der Waals surface area contributed by atoms with E-state index < -0.39 is 0 Å². The second-order valence-corrected chi connectivity index (χ2v) is 6.00. The molecule has 152 valence electrons. The van der Waals surface area contributed by atoms with E-state index in [9.17, 15) is 4.79 Å². The first-order valence-corrected chi connectivity index (χ1v) is 8.63. The first kappa shape index (κ1) is 21.2. The number of hydrogen-bond acceptors (Lipinski definition) is 7. The number of benzene rings is 2. The standard InChI is InChI=1S/C21H26O7/c1-13-7-16(23-2)17(24-3)11-15(13)12-28-20(22)10-14-8-18(25-4)21(27-6)19(9-14)26-5/h7-9,11H,10,12H2,1-6H3. The minimum Gasteiger partial charge on any atom is -0.493 e. The number of carbonyl (C=O) groups excluding carboxylic acids is 1. The van der Waals surface area contributed by atoms with Crippen molar-refractivity contribution in [3.8, 4) is 28.7 Å². The highest BCUT2D eigenvalue weighted by Gasteiger charge is 2.16. The molecule has 0 saturated carbocycles. The Morgan fingerprint density at radius 2 is 1.29 bits per heavy atom. The van der Waals surface area contributed by atoms with Gasteiger partial charge in [-0.05, 0) is 47.9 Å². The fourth-order valence-electron chi connectivity index (χ4n) is 2.79. The molecule has 0 radical (unpaired) electrons. The van der Waals surface area contributed by atoms with Gasteiger partial charge in [0.05, 0.1) is 42.0 Å². The maximum atomic E-state index is 12.3. The van der Waals surface area contributed by atoms with Crippen LogP contribution in [0.25, 0.3) is 0 Å². The smallest absolute Gasteiger partial charge is 0.310 e. The summed E-state index contributed by atoms with van der Waals surface area (Å²) >= 11 is 0. The Morgan fingerprint density at radius 3 is 1.79 bits per heavy atom. The van der Waals surface area contributed by atoms with Gasteiger partial charge in [-0.15, -0.1) is 0 Å². The van der Waals surface area contributed by atoms with Gasteiger partial charge >= 0.3 is 5.97 Å². The lowest BCUT2D eigenvalue weighted by Gasteiger charge is -2.15. The van der Waals surface area contributed by atoms with E-state index in [1.807, 2.05) is 13.0 Å². The van der Waals surface area contributed by atoms with Gasteiger partial charge in [0.1, 0.15) is 6.61 Å². The van der Waals surface area contributed by atoms with Crippen molar-refractivity contribution in [1.29, 1.82) is 0 Å². The summed E-state index contributed by atoms with van der Waals surface area (Å²) in [7, 11) is 7.72. The van der Waals surface area contributed by atoms with Crippen molar-refractivity contribution >= 4 is 5.97 Å². The quantitative estimate of drug-likeness (QED) is 0.608. The van der Waals surface area contributed by atoms with Crippen molar-refractivity contribution in [2.45, 2.75) is 20.0 Å². The molecule has 0 N–H and O–H groups in total. The summed E-state index contributed by atoms with van der Waals surface area (Å²) in [6.07, 6.45) is 0.0725. The van der Waals surface area contributed by atoms with E-state index in [1.165, 1.54) is 21.3 Å². The Bertz CT molecular complexity index is 805. The average Bonchev–Trinajstić information content (AvgIpc) is 2.71. The molecule has 0 saturated heterocycles. The molecular weight excluding hydrogens is 364 g/mol. The fourth-order valence-corrected chi connectivity index (χ4v) is 2.79. The highest BCUT2D eigenvalue weighted by molar-refractivity contribution is 5.73. The minimum absolute atomic E-state index is 0.0725. The van der Waals surface area contributed by atoms with E-state index >= 15 is 0 Å². The first-order valence-electron chi connectivity index (χ1n) is 8.63. The van der Waals surface area contributed by atoms with E-state index in [2.05, 4.69) is 0 Å². The highest BCUT2D eigenvalue weighted by atomic mass is 16.5. The molecular formula is C21H26O7. The van der Waals surface area contributed by atoms with Crippen LogP contribution >= 0.6 is 0 Å². The van der Waals surface area contributed by atoms with Crippen LogP contribution in [0.1, 0.15) is 16.7 Å². The summed E-state index contributed by atoms with van der Waals surface area (Å²) in [5.41, 5.74) is 2.48. The predicted molar refractivity (Wildman–Crippen MR) is 104 cm³/mol. The van der Waals surface area contributed by atoms with Crippen molar-refractivity contribution in [1.82, 2.24) is 0 Å². The molecule has 0 spiro atoms. The van der Waals surface area contributed by atoms with Gasteiger partial charge < -0.3 is 28.4 Å². The molecule has 0 heterocycles. The molecule has 0 aliphatic heterocycles. The minimum atomic E-state index is -0.372. The molecule has 0 unspecified atom stereocenters. The van der Waals surface area contributed by atoms with Gasteiger partial charge in [0.25, 0.3) is 0 Å². The SMILES string of the molecule is COc1cc(C)c(COC(=O)Cc2cc(OC)c(OC)c(OC)c2)cc1OC. The van der Waals surface area contributed by atoms with Gasteiger partial charge in [0.15, 0.2) is 23.0 Å². The van der Waals surface area contributed by atoms with E-state index in [1.54, 1.807) is 32.4 Å². The lowest BCUT2D eigenvalue weighted by atomic mass is 10.1. The topological polar surface area (TPSA) is 72.5 Å². The number of ether oxygens (including phenoxy) is 6. The maximum Gasteiger partial charge on any atom is 0.310 e. The Labute approximate surface area is 165 Å². The molecule has 0 aromatic heterocycles. The lowest BCUT2D eigenvalue weighted by Crippen LogP contribution is -2.09. The Kier molecular flexibility index (Phi) is 7.37. The molecule has 7 heteroatoms. The predicted octanol–water partition coefficient (Wildman–Crippen LogP) is 3.32. The Balaban J connectivity index is 2.11. The second-order valence-electron chi connectivity index (χ2n) is 6.00. The largest absolute Gasteiger partial charge is 0.493 e. The fraction of sp³-hybridized carbons (Fsp3) is 0.381. The maximum absolute atomic E-state index is 12.3. The summed E-state index contributed by atoms with van der Waals surface area (Å²) in [6, 6.07) is 7.11. The van der Waals surface area contributed by atoms with Crippen LogP contribution in [-0.2, 0) is 22.6 Å². The van der Waals surface area contributed by atoms with Crippen LogP contribution in [0, 0.1) is 6.92 Å². The monoisotopic (exact) mass is 390 g/mol. The molecule has 0 amide bonds. The zero-order valence-electron chi connectivity index (χ0n) is 17.1. The second kappa shape index (κ2) is 9.73. The molecule has 7 nitrogen and oxygen atoms in total. The van der Waals surface area contributed by atoms with Gasteiger partial charge in [-0.25, -0.2) is 0 Å². The summed E-state index contributed by atoms with van der Waals surface area (Å²) in [6.45, 7) is 2.06. The number of aryl methyl sites for hydroxylation is 1. The molecule has 0 aliphatic carbocycles. The van der Waals surface area contributed by atoms with Crippen LogP contribution in [0.4, 0.5) is 0 Å². The van der Waals surface area contributed by atoms with Crippen LogP contribution < -0.4 is 23.7 Å². The van der Waals surface area contributed by atoms with E-state index in [-0.39, 0.29) is 19.0 Å². The summed E-state index contributed by atoms with van der Waals surface area (Å²) in [5.74, 6) is 2.29. The average molecular weight is 390 g/mol. The van der Waals surface area contributed by atoms with Crippen LogP contribution in [-0.4, -0.2) is 41.5 Å². The zero-order valence-corrected chi connectivity index (χ0v) is 17.1. The third kappa shape index (κ3) is 4.79. The molecule has 28 heavy (non-hydrogen) atoms. The summed E-state index contributed by atoms with van der Waals surface area (Å²) in [5, 5.41) is 0. The van der Waals surface area contributed by atoms with Gasteiger partial charge in [-0.2, -0.15) is 0 Å².